The lowest BCUT2D eigenvalue weighted by atomic mass is 10.1. The number of carbonyl (C=O) groups is 1. The quantitative estimate of drug-likeness (QED) is 0.467. The molecule has 0 aliphatic heterocycles. The number of anilines is 1. The largest absolute Gasteiger partial charge is 0.497 e. The fourth-order valence-electron chi connectivity index (χ4n) is 3.04. The van der Waals surface area contributed by atoms with E-state index in [9.17, 15) is 26.4 Å². The molecule has 0 unspecified atom stereocenters. The highest BCUT2D eigenvalue weighted by atomic mass is 35.5. The summed E-state index contributed by atoms with van der Waals surface area (Å²) < 4.78 is 71.4. The lowest BCUT2D eigenvalue weighted by molar-refractivity contribution is -0.137. The molecule has 34 heavy (non-hydrogen) atoms. The second kappa shape index (κ2) is 10.4. The number of benzene rings is 3. The summed E-state index contributed by atoms with van der Waals surface area (Å²) >= 11 is 5.91. The van der Waals surface area contributed by atoms with Gasteiger partial charge in [-0.1, -0.05) is 23.7 Å². The number of carbonyl (C=O) groups excluding carboxylic acids is 1. The van der Waals surface area contributed by atoms with Crippen LogP contribution in [0.3, 0.4) is 0 Å². The number of halogens is 4. The molecule has 3 aromatic carbocycles. The Labute approximate surface area is 200 Å². The zero-order valence-corrected chi connectivity index (χ0v) is 19.4. The van der Waals surface area contributed by atoms with Gasteiger partial charge in [-0.25, -0.2) is 8.42 Å². The van der Waals surface area contributed by atoms with Gasteiger partial charge in [0.05, 0.1) is 23.3 Å². The van der Waals surface area contributed by atoms with Crippen LogP contribution >= 0.6 is 11.6 Å². The van der Waals surface area contributed by atoms with E-state index in [1.54, 1.807) is 0 Å². The molecule has 0 aromatic heterocycles. The second-order valence-corrected chi connectivity index (χ2v) is 9.44. The van der Waals surface area contributed by atoms with E-state index in [1.165, 1.54) is 67.8 Å². The number of sulfonamides is 1. The number of nitrogens with zero attached hydrogens (tertiary/aromatic N) is 1. The number of ether oxygens (including phenoxy) is 1. The van der Waals surface area contributed by atoms with Crippen LogP contribution in [0.5, 0.6) is 5.75 Å². The third-order valence-corrected chi connectivity index (χ3v) is 6.83. The van der Waals surface area contributed by atoms with E-state index >= 15 is 0 Å². The van der Waals surface area contributed by atoms with Gasteiger partial charge in [-0.3, -0.25) is 9.10 Å². The molecular formula is C23H20ClF3N2O4S. The predicted octanol–water partition coefficient (Wildman–Crippen LogP) is 4.88. The molecule has 3 rings (SSSR count). The van der Waals surface area contributed by atoms with Crippen LogP contribution < -0.4 is 14.4 Å². The number of rotatable bonds is 8. The maximum absolute atomic E-state index is 13.3. The van der Waals surface area contributed by atoms with Crippen molar-refractivity contribution in [2.24, 2.45) is 0 Å². The Kier molecular flexibility index (Phi) is 7.73. The summed E-state index contributed by atoms with van der Waals surface area (Å²) in [6, 6.07) is 16.0. The maximum atomic E-state index is 13.3. The molecule has 0 fully saturated rings. The van der Waals surface area contributed by atoms with Gasteiger partial charge in [0.1, 0.15) is 12.3 Å². The van der Waals surface area contributed by atoms with Crippen LogP contribution in [0.25, 0.3) is 0 Å². The SMILES string of the molecule is COc1ccc(S(=O)(=O)N(CC(=O)NCc2cccc(C(F)(F)F)c2)c2ccc(Cl)cc2)cc1. The molecule has 6 nitrogen and oxygen atoms in total. The van der Waals surface area contributed by atoms with Crippen LogP contribution in [-0.4, -0.2) is 28.0 Å². The Morgan fingerprint density at radius 2 is 1.68 bits per heavy atom. The van der Waals surface area contributed by atoms with Crippen molar-refractivity contribution in [3.05, 3.63) is 88.9 Å². The summed E-state index contributed by atoms with van der Waals surface area (Å²) in [7, 11) is -2.73. The Hall–Kier alpha value is -3.24. The lowest BCUT2D eigenvalue weighted by Gasteiger charge is -2.24. The minimum Gasteiger partial charge on any atom is -0.497 e. The first kappa shape index (κ1) is 25.4. The third-order valence-electron chi connectivity index (χ3n) is 4.79. The van der Waals surface area contributed by atoms with Gasteiger partial charge in [0.25, 0.3) is 10.0 Å². The topological polar surface area (TPSA) is 75.7 Å². The lowest BCUT2D eigenvalue weighted by Crippen LogP contribution is -2.40. The van der Waals surface area contributed by atoms with Crippen molar-refractivity contribution in [1.29, 1.82) is 0 Å². The first-order chi connectivity index (χ1) is 16.0. The summed E-state index contributed by atoms with van der Waals surface area (Å²) in [5, 5.41) is 2.85. The number of amides is 1. The Bertz CT molecular complexity index is 1250. The number of alkyl halides is 3. The van der Waals surface area contributed by atoms with Crippen molar-refractivity contribution in [3.63, 3.8) is 0 Å². The fraction of sp³-hybridized carbons (Fsp3) is 0.174. The molecule has 0 aliphatic rings. The molecular weight excluding hydrogens is 493 g/mol. The van der Waals surface area contributed by atoms with Gasteiger partial charge >= 0.3 is 6.18 Å². The summed E-state index contributed by atoms with van der Waals surface area (Å²) in [6.07, 6.45) is -4.52. The number of hydrogen-bond acceptors (Lipinski definition) is 4. The van der Waals surface area contributed by atoms with Crippen LogP contribution in [-0.2, 0) is 27.5 Å². The molecule has 1 amide bonds. The first-order valence-corrected chi connectivity index (χ1v) is 11.7. The summed E-state index contributed by atoms with van der Waals surface area (Å²) in [5.41, 5.74) is -0.433. The van der Waals surface area contributed by atoms with Crippen molar-refractivity contribution in [1.82, 2.24) is 5.32 Å². The molecule has 0 bridgehead atoms. The zero-order valence-electron chi connectivity index (χ0n) is 17.8. The maximum Gasteiger partial charge on any atom is 0.416 e. The molecule has 3 aromatic rings. The van der Waals surface area contributed by atoms with E-state index in [1.807, 2.05) is 0 Å². The van der Waals surface area contributed by atoms with Gasteiger partial charge < -0.3 is 10.1 Å². The van der Waals surface area contributed by atoms with Crippen molar-refractivity contribution >= 4 is 33.2 Å². The van der Waals surface area contributed by atoms with Gasteiger partial charge in [-0.2, -0.15) is 13.2 Å². The molecule has 1 N–H and O–H groups in total. The Morgan fingerprint density at radius 3 is 2.26 bits per heavy atom. The van der Waals surface area contributed by atoms with E-state index in [4.69, 9.17) is 16.3 Å². The Morgan fingerprint density at radius 1 is 1.03 bits per heavy atom. The molecule has 0 saturated carbocycles. The molecule has 0 spiro atoms. The molecule has 0 radical (unpaired) electrons. The van der Waals surface area contributed by atoms with E-state index in [2.05, 4.69) is 5.32 Å². The van der Waals surface area contributed by atoms with E-state index in [-0.39, 0.29) is 22.7 Å². The van der Waals surface area contributed by atoms with E-state index in [0.717, 1.165) is 16.4 Å². The van der Waals surface area contributed by atoms with Crippen LogP contribution in [0, 0.1) is 0 Å². The summed E-state index contributed by atoms with van der Waals surface area (Å²) in [4.78, 5) is 12.6. The minimum atomic E-state index is -4.52. The van der Waals surface area contributed by atoms with Crippen molar-refractivity contribution in [3.8, 4) is 5.75 Å². The fourth-order valence-corrected chi connectivity index (χ4v) is 4.59. The van der Waals surface area contributed by atoms with Crippen LogP contribution in [0.15, 0.2) is 77.7 Å². The zero-order chi connectivity index (χ0) is 24.9. The van der Waals surface area contributed by atoms with E-state index in [0.29, 0.717) is 10.8 Å². The summed E-state index contributed by atoms with van der Waals surface area (Å²) in [6.45, 7) is -0.811. The third kappa shape index (κ3) is 6.21. The molecule has 0 atom stereocenters. The summed E-state index contributed by atoms with van der Waals surface area (Å²) in [5.74, 6) is -0.250. The van der Waals surface area contributed by atoms with Crippen LogP contribution in [0.1, 0.15) is 11.1 Å². The molecule has 0 heterocycles. The first-order valence-electron chi connectivity index (χ1n) is 9.86. The van der Waals surface area contributed by atoms with Crippen molar-refractivity contribution in [2.45, 2.75) is 17.6 Å². The average Bonchev–Trinajstić information content (AvgIpc) is 2.81. The highest BCUT2D eigenvalue weighted by molar-refractivity contribution is 7.92. The predicted molar refractivity (Wildman–Crippen MR) is 122 cm³/mol. The number of methoxy groups -OCH3 is 1. The van der Waals surface area contributed by atoms with Crippen LogP contribution in [0.2, 0.25) is 5.02 Å². The molecule has 11 heteroatoms. The minimum absolute atomic E-state index is 0.0751. The standard InChI is InChI=1S/C23H20ClF3N2O4S/c1-33-20-9-11-21(12-10-20)34(31,32)29(19-7-5-18(24)6-8-19)15-22(30)28-14-16-3-2-4-17(13-16)23(25,26)27/h2-13H,14-15H2,1H3,(H,28,30). The monoisotopic (exact) mass is 512 g/mol. The van der Waals surface area contributed by atoms with Gasteiger partial charge in [-0.15, -0.1) is 0 Å². The molecule has 0 saturated heterocycles. The molecule has 180 valence electrons. The van der Waals surface area contributed by atoms with E-state index < -0.39 is 34.2 Å². The number of hydrogen-bond donors (Lipinski definition) is 1. The highest BCUT2D eigenvalue weighted by Crippen LogP contribution is 2.30. The van der Waals surface area contributed by atoms with Gasteiger partial charge in [0, 0.05) is 11.6 Å². The van der Waals surface area contributed by atoms with Crippen molar-refractivity contribution < 1.29 is 31.1 Å². The van der Waals surface area contributed by atoms with Gasteiger partial charge in [0.2, 0.25) is 5.91 Å². The Balaban J connectivity index is 1.83. The van der Waals surface area contributed by atoms with Crippen LogP contribution in [0.4, 0.5) is 18.9 Å². The smallest absolute Gasteiger partial charge is 0.416 e. The highest BCUT2D eigenvalue weighted by Gasteiger charge is 2.30. The molecule has 0 aliphatic carbocycles. The number of nitrogens with one attached hydrogen (secondary N) is 1. The average molecular weight is 513 g/mol. The van der Waals surface area contributed by atoms with Crippen molar-refractivity contribution in [2.75, 3.05) is 18.0 Å². The van der Waals surface area contributed by atoms with Gasteiger partial charge in [0.15, 0.2) is 0 Å². The normalized spacial score (nSPS) is 11.7. The second-order valence-electron chi connectivity index (χ2n) is 7.14. The van der Waals surface area contributed by atoms with Gasteiger partial charge in [-0.05, 0) is 66.2 Å².